The van der Waals surface area contributed by atoms with E-state index < -0.39 is 15.1 Å². The first-order valence-electron chi connectivity index (χ1n) is 10.4. The number of fused-ring (bicyclic) bond motifs is 2. The van der Waals surface area contributed by atoms with Crippen molar-refractivity contribution in [2.75, 3.05) is 12.9 Å². The third-order valence-electron chi connectivity index (χ3n) is 6.06. The molecule has 0 radical (unpaired) electrons. The molecule has 0 bridgehead atoms. The molecule has 0 fully saturated rings. The van der Waals surface area contributed by atoms with Gasteiger partial charge in [0.2, 0.25) is 0 Å². The molecule has 0 amide bonds. The Morgan fingerprint density at radius 3 is 2.67 bits per heavy atom. The molecule has 3 aromatic rings. The number of hydrogen-bond acceptors (Lipinski definition) is 4. The molecule has 0 spiro atoms. The first-order chi connectivity index (χ1) is 14.4. The molecule has 1 aromatic heterocycles. The van der Waals surface area contributed by atoms with Crippen LogP contribution < -0.4 is 4.74 Å². The zero-order valence-electron chi connectivity index (χ0n) is 17.6. The van der Waals surface area contributed by atoms with Gasteiger partial charge in [0, 0.05) is 18.0 Å². The van der Waals surface area contributed by atoms with Crippen LogP contribution in [-0.4, -0.2) is 25.8 Å². The van der Waals surface area contributed by atoms with Crippen molar-refractivity contribution in [3.63, 3.8) is 0 Å². The van der Waals surface area contributed by atoms with Gasteiger partial charge in [-0.05, 0) is 61.1 Å². The van der Waals surface area contributed by atoms with Crippen molar-refractivity contribution in [2.45, 2.75) is 44.9 Å². The molecule has 2 aromatic carbocycles. The van der Waals surface area contributed by atoms with Crippen molar-refractivity contribution in [1.29, 1.82) is 5.26 Å². The lowest BCUT2D eigenvalue weighted by molar-refractivity contribution is 0.415. The number of rotatable bonds is 6. The summed E-state index contributed by atoms with van der Waals surface area (Å²) in [7, 11) is -1.55. The Morgan fingerprint density at radius 1 is 1.20 bits per heavy atom. The number of hydrogen-bond donors (Lipinski definition) is 0. The standard InChI is InChI=1S/C24H26N2O3S/c1-4-12-30(27,28)23-11-8-16-6-7-17(13-20(16)23)24-21(15-25)19-10-9-18(29-3)14-22(19)26(24)5-2/h6-7,9-10,13-14,23H,4-5,8,11-12H2,1-3H3. The lowest BCUT2D eigenvalue weighted by Gasteiger charge is -2.15. The van der Waals surface area contributed by atoms with Crippen LogP contribution in [0.4, 0.5) is 0 Å². The highest BCUT2D eigenvalue weighted by Crippen LogP contribution is 2.42. The minimum Gasteiger partial charge on any atom is -0.497 e. The molecule has 1 aliphatic rings. The molecule has 6 heteroatoms. The fourth-order valence-electron chi connectivity index (χ4n) is 4.71. The summed E-state index contributed by atoms with van der Waals surface area (Å²) in [6.45, 7) is 4.64. The fraction of sp³-hybridized carbons (Fsp3) is 0.375. The van der Waals surface area contributed by atoms with E-state index in [1.807, 2.05) is 50.2 Å². The second-order valence-corrected chi connectivity index (χ2v) is 10.1. The van der Waals surface area contributed by atoms with E-state index in [1.54, 1.807) is 7.11 Å². The smallest absolute Gasteiger partial charge is 0.157 e. The van der Waals surface area contributed by atoms with Crippen LogP contribution in [0.15, 0.2) is 36.4 Å². The summed E-state index contributed by atoms with van der Waals surface area (Å²) in [5.41, 5.74) is 5.28. The molecular weight excluding hydrogens is 396 g/mol. The van der Waals surface area contributed by atoms with Crippen LogP contribution in [0.25, 0.3) is 22.2 Å². The number of methoxy groups -OCH3 is 1. The van der Waals surface area contributed by atoms with Crippen molar-refractivity contribution < 1.29 is 13.2 Å². The Bertz CT molecular complexity index is 1270. The van der Waals surface area contributed by atoms with Gasteiger partial charge in [0.25, 0.3) is 0 Å². The van der Waals surface area contributed by atoms with E-state index in [0.29, 0.717) is 24.9 Å². The summed E-state index contributed by atoms with van der Waals surface area (Å²) in [5, 5.41) is 10.4. The largest absolute Gasteiger partial charge is 0.497 e. The topological polar surface area (TPSA) is 72.1 Å². The van der Waals surface area contributed by atoms with Crippen LogP contribution in [0.1, 0.15) is 48.6 Å². The average Bonchev–Trinajstić information content (AvgIpc) is 3.31. The number of nitrogens with zero attached hydrogens (tertiary/aromatic N) is 2. The minimum atomic E-state index is -3.18. The van der Waals surface area contributed by atoms with Crippen molar-refractivity contribution in [2.24, 2.45) is 0 Å². The Morgan fingerprint density at radius 2 is 2.00 bits per heavy atom. The number of benzene rings is 2. The lowest BCUT2D eigenvalue weighted by atomic mass is 10.0. The molecular formula is C24H26N2O3S. The summed E-state index contributed by atoms with van der Waals surface area (Å²) in [4.78, 5) is 0. The molecule has 0 saturated carbocycles. The van der Waals surface area contributed by atoms with E-state index >= 15 is 0 Å². The van der Waals surface area contributed by atoms with E-state index in [9.17, 15) is 13.7 Å². The van der Waals surface area contributed by atoms with E-state index in [-0.39, 0.29) is 5.75 Å². The molecule has 5 nitrogen and oxygen atoms in total. The van der Waals surface area contributed by atoms with E-state index in [4.69, 9.17) is 4.74 Å². The highest BCUT2D eigenvalue weighted by Gasteiger charge is 2.33. The number of ether oxygens (including phenoxy) is 1. The second-order valence-electron chi connectivity index (χ2n) is 7.77. The maximum absolute atomic E-state index is 12.8. The number of aryl methyl sites for hydroxylation is 2. The van der Waals surface area contributed by atoms with E-state index in [2.05, 4.69) is 10.6 Å². The van der Waals surface area contributed by atoms with Gasteiger partial charge in [0.05, 0.1) is 34.9 Å². The summed E-state index contributed by atoms with van der Waals surface area (Å²) in [5.74, 6) is 0.949. The maximum Gasteiger partial charge on any atom is 0.157 e. The lowest BCUT2D eigenvalue weighted by Crippen LogP contribution is -2.14. The van der Waals surface area contributed by atoms with Gasteiger partial charge in [-0.15, -0.1) is 0 Å². The average molecular weight is 423 g/mol. The first-order valence-corrected chi connectivity index (χ1v) is 12.1. The second kappa shape index (κ2) is 7.81. The summed E-state index contributed by atoms with van der Waals surface area (Å²) >= 11 is 0. The predicted molar refractivity (Wildman–Crippen MR) is 119 cm³/mol. The van der Waals surface area contributed by atoms with Crippen LogP contribution in [0.2, 0.25) is 0 Å². The molecule has 1 heterocycles. The van der Waals surface area contributed by atoms with Crippen molar-refractivity contribution in [3.8, 4) is 23.1 Å². The molecule has 0 N–H and O–H groups in total. The summed E-state index contributed by atoms with van der Waals surface area (Å²) in [6.07, 6.45) is 2.04. The van der Waals surface area contributed by atoms with Gasteiger partial charge in [-0.3, -0.25) is 0 Å². The third-order valence-corrected chi connectivity index (χ3v) is 8.40. The Balaban J connectivity index is 1.93. The van der Waals surface area contributed by atoms with Gasteiger partial charge >= 0.3 is 0 Å². The van der Waals surface area contributed by atoms with Gasteiger partial charge in [0.1, 0.15) is 11.8 Å². The molecule has 156 valence electrons. The number of sulfone groups is 1. The summed E-state index contributed by atoms with van der Waals surface area (Å²) in [6, 6.07) is 14.2. The monoisotopic (exact) mass is 422 g/mol. The third kappa shape index (κ3) is 3.18. The van der Waals surface area contributed by atoms with Crippen LogP contribution in [-0.2, 0) is 22.8 Å². The quantitative estimate of drug-likeness (QED) is 0.559. The highest BCUT2D eigenvalue weighted by molar-refractivity contribution is 7.91. The van der Waals surface area contributed by atoms with Crippen LogP contribution in [0.3, 0.4) is 0 Å². The van der Waals surface area contributed by atoms with Gasteiger partial charge in [-0.25, -0.2) is 8.42 Å². The van der Waals surface area contributed by atoms with Gasteiger partial charge < -0.3 is 9.30 Å². The molecule has 1 aliphatic carbocycles. The zero-order chi connectivity index (χ0) is 21.5. The van der Waals surface area contributed by atoms with Gasteiger partial charge in [-0.2, -0.15) is 5.26 Å². The van der Waals surface area contributed by atoms with Crippen molar-refractivity contribution in [3.05, 3.63) is 53.1 Å². The van der Waals surface area contributed by atoms with E-state index in [0.717, 1.165) is 45.5 Å². The molecule has 4 rings (SSSR count). The molecule has 1 unspecified atom stereocenters. The van der Waals surface area contributed by atoms with E-state index in [1.165, 1.54) is 0 Å². The van der Waals surface area contributed by atoms with Gasteiger partial charge in [0.15, 0.2) is 9.84 Å². The number of nitriles is 1. The molecule has 0 saturated heterocycles. The van der Waals surface area contributed by atoms with Crippen LogP contribution in [0, 0.1) is 11.3 Å². The SMILES string of the molecule is CCCS(=O)(=O)C1CCc2ccc(-c3c(C#N)c4ccc(OC)cc4n3CC)cc21. The summed E-state index contributed by atoms with van der Waals surface area (Å²) < 4.78 is 33.2. The van der Waals surface area contributed by atoms with Crippen LogP contribution >= 0.6 is 0 Å². The Labute approximate surface area is 177 Å². The fourth-order valence-corrected chi connectivity index (χ4v) is 6.65. The maximum atomic E-state index is 12.8. The number of aromatic nitrogens is 1. The van der Waals surface area contributed by atoms with Crippen LogP contribution in [0.5, 0.6) is 5.75 Å². The minimum absolute atomic E-state index is 0.208. The molecule has 30 heavy (non-hydrogen) atoms. The van der Waals surface area contributed by atoms with Gasteiger partial charge in [-0.1, -0.05) is 19.1 Å². The normalized spacial score (nSPS) is 15.9. The highest BCUT2D eigenvalue weighted by atomic mass is 32.2. The Hall–Kier alpha value is -2.78. The van der Waals surface area contributed by atoms with Crippen molar-refractivity contribution in [1.82, 2.24) is 4.57 Å². The predicted octanol–water partition coefficient (Wildman–Crippen LogP) is 5.02. The van der Waals surface area contributed by atoms with Crippen molar-refractivity contribution >= 4 is 20.7 Å². The Kier molecular flexibility index (Phi) is 5.33. The molecule has 1 atom stereocenters. The zero-order valence-corrected chi connectivity index (χ0v) is 18.4. The molecule has 0 aliphatic heterocycles. The first kappa shape index (κ1) is 20.5.